The number of hydrogen-bond donors (Lipinski definition) is 3. The minimum Gasteiger partial charge on any atom is -0.478 e. The Morgan fingerprint density at radius 1 is 0.760 bits per heavy atom. The van der Waals surface area contributed by atoms with Crippen molar-refractivity contribution < 1.29 is 61.3 Å². The number of carboxylic acids is 3. The first-order valence-electron chi connectivity index (χ1n) is 14.8. The molecule has 0 heterocycles. The van der Waals surface area contributed by atoms with Crippen LogP contribution in [0.2, 0.25) is 0 Å². The Morgan fingerprint density at radius 3 is 1.98 bits per heavy atom. The number of carbonyl (C=O) groups excluding carboxylic acids is 1. The molecular weight excluding hydrogens is 671 g/mol. The van der Waals surface area contributed by atoms with Crippen LogP contribution in [0.1, 0.15) is 88.1 Å². The molecule has 1 aliphatic rings. The minimum absolute atomic E-state index is 0.160. The number of aromatic carboxylic acids is 3. The Kier molecular flexibility index (Phi) is 10.2. The zero-order valence-electron chi connectivity index (χ0n) is 25.6. The van der Waals surface area contributed by atoms with Crippen LogP contribution in [0.5, 0.6) is 0 Å². The SMILES string of the molecule is O=C(O)c1cc(C(=O)O)c(C(=O)N(Cc2cccc(/C=N/OCc3c(F)c(F)c(F)c(F)c3F)c2)[C@H]2CCCc3ccccc32)cc1C(=O)O. The van der Waals surface area contributed by atoms with E-state index in [9.17, 15) is 56.4 Å². The number of halogens is 5. The second-order valence-corrected chi connectivity index (χ2v) is 11.2. The molecule has 0 aliphatic heterocycles. The van der Waals surface area contributed by atoms with Crippen molar-refractivity contribution >= 4 is 30.0 Å². The fourth-order valence-electron chi connectivity index (χ4n) is 5.78. The van der Waals surface area contributed by atoms with E-state index in [1.807, 2.05) is 18.2 Å². The maximum absolute atomic E-state index is 14.3. The van der Waals surface area contributed by atoms with Gasteiger partial charge in [0.25, 0.3) is 5.91 Å². The topological polar surface area (TPSA) is 154 Å². The summed E-state index contributed by atoms with van der Waals surface area (Å²) in [6.45, 7) is -1.25. The van der Waals surface area contributed by atoms with Crippen molar-refractivity contribution in [1.29, 1.82) is 0 Å². The van der Waals surface area contributed by atoms with Crippen molar-refractivity contribution in [3.63, 3.8) is 0 Å². The van der Waals surface area contributed by atoms with Gasteiger partial charge in [0, 0.05) is 6.54 Å². The molecule has 4 aromatic rings. The zero-order valence-corrected chi connectivity index (χ0v) is 25.6. The van der Waals surface area contributed by atoms with Crippen LogP contribution in [-0.4, -0.2) is 50.2 Å². The van der Waals surface area contributed by atoms with Crippen LogP contribution in [0.4, 0.5) is 22.0 Å². The van der Waals surface area contributed by atoms with Crippen LogP contribution in [0.3, 0.4) is 0 Å². The van der Waals surface area contributed by atoms with Crippen molar-refractivity contribution in [2.75, 3.05) is 0 Å². The van der Waals surface area contributed by atoms with Gasteiger partial charge in [-0.1, -0.05) is 47.6 Å². The average Bonchev–Trinajstić information content (AvgIpc) is 3.10. The molecule has 3 N–H and O–H groups in total. The van der Waals surface area contributed by atoms with E-state index in [0.717, 1.165) is 23.4 Å². The number of amides is 1. The molecule has 1 aliphatic carbocycles. The highest BCUT2D eigenvalue weighted by Gasteiger charge is 2.34. The average molecular weight is 697 g/mol. The molecule has 1 amide bonds. The number of hydrogen-bond acceptors (Lipinski definition) is 6. The summed E-state index contributed by atoms with van der Waals surface area (Å²) in [4.78, 5) is 56.5. The summed E-state index contributed by atoms with van der Waals surface area (Å²) in [7, 11) is 0. The molecule has 0 bridgehead atoms. The molecule has 0 saturated heterocycles. The lowest BCUT2D eigenvalue weighted by atomic mass is 9.86. The quantitative estimate of drug-likeness (QED) is 0.0512. The molecular formula is C35H25F5N2O8. The lowest BCUT2D eigenvalue weighted by Crippen LogP contribution is -2.37. The lowest BCUT2D eigenvalue weighted by Gasteiger charge is -2.36. The highest BCUT2D eigenvalue weighted by molar-refractivity contribution is 6.10. The number of oxime groups is 1. The predicted molar refractivity (Wildman–Crippen MR) is 164 cm³/mol. The molecule has 0 fully saturated rings. The molecule has 0 spiro atoms. The largest absolute Gasteiger partial charge is 0.478 e. The highest BCUT2D eigenvalue weighted by Crippen LogP contribution is 2.37. The normalized spacial score (nSPS) is 13.9. The van der Waals surface area contributed by atoms with Crippen molar-refractivity contribution in [3.05, 3.63) is 140 Å². The number of carbonyl (C=O) groups is 4. The first-order valence-corrected chi connectivity index (χ1v) is 14.8. The number of nitrogens with zero attached hydrogens (tertiary/aromatic N) is 2. The summed E-state index contributed by atoms with van der Waals surface area (Å²) >= 11 is 0. The molecule has 1 atom stereocenters. The fourth-order valence-corrected chi connectivity index (χ4v) is 5.78. The fraction of sp³-hybridized carbons (Fsp3) is 0.171. The number of fused-ring (bicyclic) bond motifs is 1. The Morgan fingerprint density at radius 2 is 1.34 bits per heavy atom. The standard InChI is InChI=1S/C35H25F5N2O8/c36-27-25(28(37)30(39)31(40)29(27)38)16-50-41-14-17-5-3-6-18(11-17)15-42(26-10-4-8-19-7-1-2-9-20(19)26)32(43)21-12-23(34(46)47)24(35(48)49)13-22(21)33(44)45/h1-3,5-7,9,11-14,26H,4,8,10,15-16H2,(H,44,45)(H,46,47)(H,48,49)/b41-14+/t26-/m0/s1. The van der Waals surface area contributed by atoms with Crippen LogP contribution >= 0.6 is 0 Å². The van der Waals surface area contributed by atoms with Gasteiger partial charge in [-0.25, -0.2) is 36.3 Å². The Bertz CT molecular complexity index is 2040. The Balaban J connectivity index is 1.49. The van der Waals surface area contributed by atoms with E-state index in [4.69, 9.17) is 4.84 Å². The van der Waals surface area contributed by atoms with Crippen LogP contribution in [-0.2, 0) is 24.4 Å². The maximum Gasteiger partial charge on any atom is 0.336 e. The van der Waals surface area contributed by atoms with Crippen molar-refractivity contribution in [2.45, 2.75) is 38.5 Å². The van der Waals surface area contributed by atoms with E-state index in [0.29, 0.717) is 36.5 Å². The number of rotatable bonds is 11. The van der Waals surface area contributed by atoms with Crippen LogP contribution in [0.15, 0.2) is 65.8 Å². The maximum atomic E-state index is 14.3. The molecule has 50 heavy (non-hydrogen) atoms. The van der Waals surface area contributed by atoms with E-state index in [-0.39, 0.29) is 6.54 Å². The zero-order chi connectivity index (χ0) is 36.3. The second kappa shape index (κ2) is 14.6. The number of carboxylic acid groups (broad SMARTS) is 3. The molecule has 15 heteroatoms. The van der Waals surface area contributed by atoms with E-state index < -0.39 is 93.4 Å². The third-order valence-electron chi connectivity index (χ3n) is 8.14. The molecule has 0 saturated carbocycles. The molecule has 4 aromatic carbocycles. The van der Waals surface area contributed by atoms with E-state index in [1.165, 1.54) is 17.0 Å². The van der Waals surface area contributed by atoms with Crippen LogP contribution < -0.4 is 0 Å². The summed E-state index contributed by atoms with van der Waals surface area (Å²) < 4.78 is 68.3. The van der Waals surface area contributed by atoms with Gasteiger partial charge in [0.2, 0.25) is 5.82 Å². The summed E-state index contributed by atoms with van der Waals surface area (Å²) in [6.07, 6.45) is 2.91. The van der Waals surface area contributed by atoms with Gasteiger partial charge in [-0.05, 0) is 59.7 Å². The van der Waals surface area contributed by atoms with Gasteiger partial charge < -0.3 is 25.1 Å². The summed E-state index contributed by atoms with van der Waals surface area (Å²) in [6, 6.07) is 14.3. The first kappa shape index (κ1) is 35.2. The van der Waals surface area contributed by atoms with Crippen LogP contribution in [0, 0.1) is 29.1 Å². The molecule has 0 radical (unpaired) electrons. The molecule has 0 aromatic heterocycles. The number of aryl methyl sites for hydroxylation is 1. The first-order chi connectivity index (χ1) is 23.8. The smallest absolute Gasteiger partial charge is 0.336 e. The van der Waals surface area contributed by atoms with Gasteiger partial charge in [-0.3, -0.25) is 4.79 Å². The molecule has 5 rings (SSSR count). The third-order valence-corrected chi connectivity index (χ3v) is 8.14. The van der Waals surface area contributed by atoms with Gasteiger partial charge in [-0.15, -0.1) is 0 Å². The van der Waals surface area contributed by atoms with Crippen molar-refractivity contribution in [2.24, 2.45) is 5.16 Å². The highest BCUT2D eigenvalue weighted by atomic mass is 19.2. The summed E-state index contributed by atoms with van der Waals surface area (Å²) in [5, 5.41) is 32.7. The summed E-state index contributed by atoms with van der Waals surface area (Å²) in [5.41, 5.74) is -1.56. The van der Waals surface area contributed by atoms with Crippen molar-refractivity contribution in [3.8, 4) is 0 Å². The predicted octanol–water partition coefficient (Wildman–Crippen LogP) is 6.75. The van der Waals surface area contributed by atoms with E-state index in [2.05, 4.69) is 5.16 Å². The Labute approximate surface area is 279 Å². The third kappa shape index (κ3) is 7.02. The lowest BCUT2D eigenvalue weighted by molar-refractivity contribution is 0.0611. The van der Waals surface area contributed by atoms with E-state index >= 15 is 0 Å². The van der Waals surface area contributed by atoms with Gasteiger partial charge in [-0.2, -0.15) is 0 Å². The molecule has 10 nitrogen and oxygen atoms in total. The van der Waals surface area contributed by atoms with Gasteiger partial charge in [0.15, 0.2) is 23.3 Å². The number of benzene rings is 4. The monoisotopic (exact) mass is 696 g/mol. The van der Waals surface area contributed by atoms with Gasteiger partial charge in [0.05, 0.1) is 40.1 Å². The van der Waals surface area contributed by atoms with Gasteiger partial charge >= 0.3 is 17.9 Å². The summed E-state index contributed by atoms with van der Waals surface area (Å²) in [5.74, 6) is -16.6. The Hall–Kier alpha value is -6.12. The minimum atomic E-state index is -2.31. The molecule has 258 valence electrons. The van der Waals surface area contributed by atoms with Crippen LogP contribution in [0.25, 0.3) is 0 Å². The van der Waals surface area contributed by atoms with Crippen molar-refractivity contribution in [1.82, 2.24) is 4.90 Å². The van der Waals surface area contributed by atoms with E-state index in [1.54, 1.807) is 18.2 Å². The van der Waals surface area contributed by atoms with Gasteiger partial charge in [0.1, 0.15) is 6.61 Å². The second-order valence-electron chi connectivity index (χ2n) is 11.2. The molecule has 0 unspecified atom stereocenters.